The molecule has 0 heterocycles. The molecule has 0 saturated heterocycles. The van der Waals surface area contributed by atoms with E-state index >= 15 is 0 Å². The predicted octanol–water partition coefficient (Wildman–Crippen LogP) is 3.60. The summed E-state index contributed by atoms with van der Waals surface area (Å²) in [5.41, 5.74) is 1.91. The second-order valence-electron chi connectivity index (χ2n) is 8.32. The molecule has 2 aromatic rings. The maximum Gasteiger partial charge on any atom is 0.323 e. The summed E-state index contributed by atoms with van der Waals surface area (Å²) in [4.78, 5) is 52.5. The van der Waals surface area contributed by atoms with Gasteiger partial charge in [0.2, 0.25) is 0 Å². The molecule has 0 radical (unpaired) electrons. The van der Waals surface area contributed by atoms with Gasteiger partial charge in [0.1, 0.15) is 12.1 Å². The number of rotatable bonds is 17. The first kappa shape index (κ1) is 32.5. The number of nitrogens with zero attached hydrogens (tertiary/aromatic N) is 2. The zero-order valence-electron chi connectivity index (χ0n) is 22.2. The highest BCUT2D eigenvalue weighted by molar-refractivity contribution is 8.76. The van der Waals surface area contributed by atoms with Crippen molar-refractivity contribution in [2.75, 3.05) is 38.8 Å². The minimum absolute atomic E-state index is 0.112. The van der Waals surface area contributed by atoms with Gasteiger partial charge in [0.15, 0.2) is 17.3 Å². The van der Waals surface area contributed by atoms with Crippen LogP contribution < -0.4 is 10.6 Å². The number of nitriles is 1. The predicted molar refractivity (Wildman–Crippen MR) is 154 cm³/mol. The molecule has 0 fully saturated rings. The average molecular weight is 583 g/mol. The van der Waals surface area contributed by atoms with Crippen LogP contribution in [0.15, 0.2) is 48.5 Å². The highest BCUT2D eigenvalue weighted by atomic mass is 33.1. The molecule has 0 aliphatic heterocycles. The molecule has 0 aliphatic rings. The standard InChI is InChI=1S/C28H30N4O6S2/c1-30-22-10-8-21(9-11-22)26(34)13-15-32-24(28(36)38-3)18-40-39-17-23(27(35)37-2)31-14-12-25(33)20-6-4-19(16-29)5-7-20/h4-11,23-24,31-32H,12-15,17-18H2,2-3H3. The molecule has 210 valence electrons. The number of esters is 2. The van der Waals surface area contributed by atoms with E-state index in [1.54, 1.807) is 48.5 Å². The van der Waals surface area contributed by atoms with Crippen LogP contribution in [0.2, 0.25) is 0 Å². The SMILES string of the molecule is [C-]#[N+]c1ccc(C(=O)CCNC(CSSCC(NCCC(=O)c2ccc(C#N)cc2)C(=O)OC)C(=O)OC)cc1. The van der Waals surface area contributed by atoms with Gasteiger partial charge in [-0.05, 0) is 12.1 Å². The van der Waals surface area contributed by atoms with E-state index in [4.69, 9.17) is 21.3 Å². The van der Waals surface area contributed by atoms with Crippen LogP contribution in [0.25, 0.3) is 4.85 Å². The van der Waals surface area contributed by atoms with Crippen LogP contribution in [0.1, 0.15) is 39.1 Å². The van der Waals surface area contributed by atoms with Crippen LogP contribution in [0.3, 0.4) is 0 Å². The number of ether oxygens (including phenoxy) is 2. The van der Waals surface area contributed by atoms with E-state index in [0.717, 1.165) is 0 Å². The molecular formula is C28H30N4O6S2. The Hall–Kier alpha value is -3.68. The summed E-state index contributed by atoms with van der Waals surface area (Å²) in [6, 6.07) is 13.4. The Morgan fingerprint density at radius 2 is 1.25 bits per heavy atom. The zero-order chi connectivity index (χ0) is 29.3. The number of methoxy groups -OCH3 is 2. The lowest BCUT2D eigenvalue weighted by Crippen LogP contribution is -2.41. The van der Waals surface area contributed by atoms with Crippen molar-refractivity contribution < 1.29 is 28.7 Å². The second-order valence-corrected chi connectivity index (χ2v) is 10.9. The van der Waals surface area contributed by atoms with Crippen molar-refractivity contribution >= 4 is 50.8 Å². The number of hydrogen-bond donors (Lipinski definition) is 2. The van der Waals surface area contributed by atoms with Gasteiger partial charge in [0.05, 0.1) is 32.4 Å². The van der Waals surface area contributed by atoms with E-state index < -0.39 is 24.0 Å². The molecule has 0 bridgehead atoms. The van der Waals surface area contributed by atoms with Crippen molar-refractivity contribution in [2.45, 2.75) is 24.9 Å². The molecule has 0 spiro atoms. The molecule has 0 saturated carbocycles. The van der Waals surface area contributed by atoms with Crippen molar-refractivity contribution in [1.82, 2.24) is 10.6 Å². The van der Waals surface area contributed by atoms with E-state index in [2.05, 4.69) is 15.5 Å². The number of ketones is 2. The normalized spacial score (nSPS) is 11.9. The number of carbonyl (C=O) groups is 4. The molecule has 2 aromatic carbocycles. The molecule has 12 heteroatoms. The fourth-order valence-electron chi connectivity index (χ4n) is 3.40. The van der Waals surface area contributed by atoms with Gasteiger partial charge in [-0.25, -0.2) is 4.85 Å². The Balaban J connectivity index is 1.78. The lowest BCUT2D eigenvalue weighted by Gasteiger charge is -2.18. The number of Topliss-reactive ketones (excluding diaryl/α,β-unsaturated/α-hetero) is 2. The fraction of sp³-hybridized carbons (Fsp3) is 0.357. The number of nitrogens with one attached hydrogen (secondary N) is 2. The quantitative estimate of drug-likeness (QED) is 0.0930. The van der Waals surface area contributed by atoms with Crippen LogP contribution in [0, 0.1) is 17.9 Å². The van der Waals surface area contributed by atoms with Crippen molar-refractivity contribution in [3.63, 3.8) is 0 Å². The molecule has 2 rings (SSSR count). The summed E-state index contributed by atoms with van der Waals surface area (Å²) in [5.74, 6) is -0.505. The summed E-state index contributed by atoms with van der Waals surface area (Å²) >= 11 is 0. The lowest BCUT2D eigenvalue weighted by atomic mass is 10.1. The minimum atomic E-state index is -0.660. The van der Waals surface area contributed by atoms with E-state index in [0.29, 0.717) is 33.9 Å². The smallest absolute Gasteiger partial charge is 0.323 e. The first-order valence-electron chi connectivity index (χ1n) is 12.2. The van der Waals surface area contributed by atoms with Gasteiger partial charge in [-0.3, -0.25) is 19.2 Å². The molecule has 0 aromatic heterocycles. The third kappa shape index (κ3) is 10.8. The van der Waals surface area contributed by atoms with Gasteiger partial charge in [-0.2, -0.15) is 5.26 Å². The summed E-state index contributed by atoms with van der Waals surface area (Å²) in [5, 5.41) is 15.0. The van der Waals surface area contributed by atoms with E-state index in [9.17, 15) is 19.2 Å². The molecule has 2 unspecified atom stereocenters. The van der Waals surface area contributed by atoms with Crippen LogP contribution >= 0.6 is 21.6 Å². The van der Waals surface area contributed by atoms with E-state index in [1.165, 1.54) is 35.8 Å². The van der Waals surface area contributed by atoms with E-state index in [-0.39, 0.29) is 37.5 Å². The lowest BCUT2D eigenvalue weighted by molar-refractivity contribution is -0.143. The fourth-order valence-corrected chi connectivity index (χ4v) is 5.76. The van der Waals surface area contributed by atoms with Crippen molar-refractivity contribution in [3.8, 4) is 6.07 Å². The first-order valence-corrected chi connectivity index (χ1v) is 14.7. The molecule has 10 nitrogen and oxygen atoms in total. The Labute approximate surface area is 241 Å². The summed E-state index contributed by atoms with van der Waals surface area (Å²) in [7, 11) is 5.29. The first-order chi connectivity index (χ1) is 19.3. The maximum absolute atomic E-state index is 12.4. The van der Waals surface area contributed by atoms with Crippen molar-refractivity contribution in [3.05, 3.63) is 76.6 Å². The minimum Gasteiger partial charge on any atom is -0.468 e. The van der Waals surface area contributed by atoms with Gasteiger partial charge in [-0.1, -0.05) is 58.0 Å². The zero-order valence-corrected chi connectivity index (χ0v) is 23.8. The third-order valence-corrected chi connectivity index (χ3v) is 8.09. The molecule has 0 aliphatic carbocycles. The molecule has 0 amide bonds. The number of hydrogen-bond acceptors (Lipinski definition) is 11. The van der Waals surface area contributed by atoms with Gasteiger partial charge >= 0.3 is 11.9 Å². The average Bonchev–Trinajstić information content (AvgIpc) is 3.00. The van der Waals surface area contributed by atoms with Gasteiger partial charge in [0, 0.05) is 48.6 Å². The van der Waals surface area contributed by atoms with Crippen molar-refractivity contribution in [1.29, 1.82) is 5.26 Å². The summed E-state index contributed by atoms with van der Waals surface area (Å²) in [6.45, 7) is 7.50. The Morgan fingerprint density at radius 1 is 0.825 bits per heavy atom. The molecule has 40 heavy (non-hydrogen) atoms. The monoisotopic (exact) mass is 582 g/mol. The third-order valence-electron chi connectivity index (χ3n) is 5.66. The van der Waals surface area contributed by atoms with Gasteiger partial charge in [-0.15, -0.1) is 0 Å². The van der Waals surface area contributed by atoms with Crippen LogP contribution in [0.4, 0.5) is 5.69 Å². The molecule has 2 N–H and O–H groups in total. The number of benzene rings is 2. The van der Waals surface area contributed by atoms with Crippen molar-refractivity contribution in [2.24, 2.45) is 0 Å². The van der Waals surface area contributed by atoms with Gasteiger partial charge < -0.3 is 20.1 Å². The van der Waals surface area contributed by atoms with Crippen LogP contribution in [-0.2, 0) is 19.1 Å². The highest BCUT2D eigenvalue weighted by Gasteiger charge is 2.22. The number of carbonyl (C=O) groups excluding carboxylic acids is 4. The highest BCUT2D eigenvalue weighted by Crippen LogP contribution is 2.24. The second kappa shape index (κ2) is 17.8. The summed E-state index contributed by atoms with van der Waals surface area (Å²) in [6.07, 6.45) is 0.326. The Bertz CT molecular complexity index is 1140. The Kier molecular flexibility index (Phi) is 14.5. The molecular weight excluding hydrogens is 552 g/mol. The Morgan fingerprint density at radius 3 is 1.62 bits per heavy atom. The molecule has 2 atom stereocenters. The van der Waals surface area contributed by atoms with Crippen LogP contribution in [0.5, 0.6) is 0 Å². The topological polar surface area (TPSA) is 139 Å². The van der Waals surface area contributed by atoms with E-state index in [1.807, 2.05) is 6.07 Å². The largest absolute Gasteiger partial charge is 0.468 e. The van der Waals surface area contributed by atoms with Gasteiger partial charge in [0.25, 0.3) is 0 Å². The van der Waals surface area contributed by atoms with Crippen LogP contribution in [-0.4, -0.2) is 74.4 Å². The summed E-state index contributed by atoms with van der Waals surface area (Å²) < 4.78 is 9.73. The maximum atomic E-state index is 12.4.